The Balaban J connectivity index is 1.76. The van der Waals surface area contributed by atoms with Crippen LogP contribution in [0.5, 0.6) is 0 Å². The number of rotatable bonds is 4. The molecule has 0 aromatic heterocycles. The van der Waals surface area contributed by atoms with Gasteiger partial charge in [-0.05, 0) is 44.0 Å². The third-order valence-electron chi connectivity index (χ3n) is 4.21. The average molecular weight is 308 g/mol. The van der Waals surface area contributed by atoms with E-state index < -0.39 is 0 Å². The summed E-state index contributed by atoms with van der Waals surface area (Å²) in [4.78, 5) is 26.1. The van der Waals surface area contributed by atoms with E-state index in [1.807, 2.05) is 39.0 Å². The van der Waals surface area contributed by atoms with Gasteiger partial charge in [0, 0.05) is 18.3 Å². The van der Waals surface area contributed by atoms with E-state index in [0.717, 1.165) is 16.8 Å². The van der Waals surface area contributed by atoms with Crippen molar-refractivity contribution in [3.8, 4) is 0 Å². The van der Waals surface area contributed by atoms with Crippen molar-refractivity contribution in [1.29, 1.82) is 0 Å². The number of para-hydroxylation sites is 1. The van der Waals surface area contributed by atoms with Crippen LogP contribution in [0, 0.1) is 13.8 Å². The second-order valence-electron chi connectivity index (χ2n) is 6.08. The summed E-state index contributed by atoms with van der Waals surface area (Å²) in [6, 6.07) is 13.1. The van der Waals surface area contributed by atoms with Gasteiger partial charge in [0.15, 0.2) is 0 Å². The SMILES string of the molecule is Cc1cccc(C)c1NC(C)CN1C(=O)c2ccccc2C1=O. The maximum atomic E-state index is 12.4. The van der Waals surface area contributed by atoms with E-state index in [4.69, 9.17) is 0 Å². The second-order valence-corrected chi connectivity index (χ2v) is 6.08. The summed E-state index contributed by atoms with van der Waals surface area (Å²) in [5.74, 6) is -0.415. The van der Waals surface area contributed by atoms with E-state index >= 15 is 0 Å². The predicted octanol–water partition coefficient (Wildman–Crippen LogP) is 3.40. The lowest BCUT2D eigenvalue weighted by Crippen LogP contribution is -2.39. The topological polar surface area (TPSA) is 49.4 Å². The molecular weight excluding hydrogens is 288 g/mol. The van der Waals surface area contributed by atoms with Crippen LogP contribution in [0.4, 0.5) is 5.69 Å². The molecule has 0 saturated carbocycles. The quantitative estimate of drug-likeness (QED) is 0.881. The molecule has 4 nitrogen and oxygen atoms in total. The fourth-order valence-electron chi connectivity index (χ4n) is 3.01. The van der Waals surface area contributed by atoms with Crippen molar-refractivity contribution in [3.05, 3.63) is 64.7 Å². The third kappa shape index (κ3) is 2.72. The van der Waals surface area contributed by atoms with Crippen LogP contribution in [-0.4, -0.2) is 29.3 Å². The Morgan fingerprint density at radius 2 is 1.43 bits per heavy atom. The molecule has 2 aromatic carbocycles. The van der Waals surface area contributed by atoms with Gasteiger partial charge in [-0.1, -0.05) is 30.3 Å². The summed E-state index contributed by atoms with van der Waals surface area (Å²) in [5.41, 5.74) is 4.36. The normalized spacial score (nSPS) is 14.8. The number of amides is 2. The molecule has 1 heterocycles. The molecule has 0 saturated heterocycles. The van der Waals surface area contributed by atoms with Crippen LogP contribution >= 0.6 is 0 Å². The third-order valence-corrected chi connectivity index (χ3v) is 4.21. The number of nitrogens with one attached hydrogen (secondary N) is 1. The number of carbonyl (C=O) groups excluding carboxylic acids is 2. The first-order chi connectivity index (χ1) is 11.0. The first kappa shape index (κ1) is 15.3. The molecule has 1 N–H and O–H groups in total. The predicted molar refractivity (Wildman–Crippen MR) is 90.8 cm³/mol. The molecular formula is C19H20N2O2. The van der Waals surface area contributed by atoms with Crippen LogP contribution in [0.25, 0.3) is 0 Å². The maximum absolute atomic E-state index is 12.4. The standard InChI is InChI=1S/C19H20N2O2/c1-12-7-6-8-13(2)17(12)20-14(3)11-21-18(22)15-9-4-5-10-16(15)19(21)23/h4-10,14,20H,11H2,1-3H3. The summed E-state index contributed by atoms with van der Waals surface area (Å²) in [6.07, 6.45) is 0. The van der Waals surface area contributed by atoms with Crippen molar-refractivity contribution in [3.63, 3.8) is 0 Å². The molecule has 2 amide bonds. The number of imide groups is 1. The Bertz CT molecular complexity index is 727. The number of aryl methyl sites for hydroxylation is 2. The van der Waals surface area contributed by atoms with Gasteiger partial charge >= 0.3 is 0 Å². The first-order valence-electron chi connectivity index (χ1n) is 7.77. The van der Waals surface area contributed by atoms with E-state index in [0.29, 0.717) is 17.7 Å². The Labute approximate surface area is 136 Å². The maximum Gasteiger partial charge on any atom is 0.261 e. The first-order valence-corrected chi connectivity index (χ1v) is 7.77. The molecule has 2 aromatic rings. The van der Waals surface area contributed by atoms with Crippen molar-refractivity contribution < 1.29 is 9.59 Å². The lowest BCUT2D eigenvalue weighted by Gasteiger charge is -2.23. The van der Waals surface area contributed by atoms with Gasteiger partial charge in [-0.2, -0.15) is 0 Å². The highest BCUT2D eigenvalue weighted by Crippen LogP contribution is 2.24. The molecule has 0 aliphatic carbocycles. The number of hydrogen-bond donors (Lipinski definition) is 1. The minimum atomic E-state index is -0.208. The highest BCUT2D eigenvalue weighted by atomic mass is 16.2. The molecule has 0 fully saturated rings. The largest absolute Gasteiger partial charge is 0.380 e. The smallest absolute Gasteiger partial charge is 0.261 e. The highest BCUT2D eigenvalue weighted by molar-refractivity contribution is 6.21. The molecule has 3 rings (SSSR count). The van der Waals surface area contributed by atoms with E-state index in [2.05, 4.69) is 5.32 Å². The van der Waals surface area contributed by atoms with E-state index in [-0.39, 0.29) is 17.9 Å². The average Bonchev–Trinajstić information content (AvgIpc) is 2.77. The molecule has 0 radical (unpaired) electrons. The minimum Gasteiger partial charge on any atom is -0.380 e. The van der Waals surface area contributed by atoms with Gasteiger partial charge in [0.2, 0.25) is 0 Å². The zero-order valence-corrected chi connectivity index (χ0v) is 13.6. The Hall–Kier alpha value is -2.62. The van der Waals surface area contributed by atoms with Crippen molar-refractivity contribution in [2.75, 3.05) is 11.9 Å². The molecule has 1 aliphatic rings. The number of anilines is 1. The van der Waals surface area contributed by atoms with Gasteiger partial charge in [0.1, 0.15) is 0 Å². The molecule has 0 spiro atoms. The van der Waals surface area contributed by atoms with Crippen molar-refractivity contribution in [1.82, 2.24) is 4.90 Å². The lowest BCUT2D eigenvalue weighted by molar-refractivity contribution is 0.0650. The monoisotopic (exact) mass is 308 g/mol. The summed E-state index contributed by atoms with van der Waals surface area (Å²) in [7, 11) is 0. The van der Waals surface area contributed by atoms with Crippen LogP contribution < -0.4 is 5.32 Å². The second kappa shape index (κ2) is 5.88. The van der Waals surface area contributed by atoms with E-state index in [1.54, 1.807) is 24.3 Å². The number of carbonyl (C=O) groups is 2. The number of nitrogens with zero attached hydrogens (tertiary/aromatic N) is 1. The van der Waals surface area contributed by atoms with Crippen molar-refractivity contribution in [2.24, 2.45) is 0 Å². The summed E-state index contributed by atoms with van der Waals surface area (Å²) in [6.45, 7) is 6.42. The van der Waals surface area contributed by atoms with Gasteiger partial charge in [-0.15, -0.1) is 0 Å². The highest BCUT2D eigenvalue weighted by Gasteiger charge is 2.35. The molecule has 118 valence electrons. The van der Waals surface area contributed by atoms with Crippen molar-refractivity contribution >= 4 is 17.5 Å². The molecule has 4 heteroatoms. The van der Waals surface area contributed by atoms with Gasteiger partial charge < -0.3 is 5.32 Å². The van der Waals surface area contributed by atoms with E-state index in [1.165, 1.54) is 4.90 Å². The Kier molecular flexibility index (Phi) is 3.90. The number of fused-ring (bicyclic) bond motifs is 1. The molecule has 1 aliphatic heterocycles. The zero-order valence-electron chi connectivity index (χ0n) is 13.6. The van der Waals surface area contributed by atoms with Crippen LogP contribution in [0.15, 0.2) is 42.5 Å². The fraction of sp³-hybridized carbons (Fsp3) is 0.263. The van der Waals surface area contributed by atoms with Crippen molar-refractivity contribution in [2.45, 2.75) is 26.8 Å². The van der Waals surface area contributed by atoms with Gasteiger partial charge in [0.05, 0.1) is 11.1 Å². The summed E-state index contributed by atoms with van der Waals surface area (Å²) < 4.78 is 0. The van der Waals surface area contributed by atoms with Crippen LogP contribution in [0.3, 0.4) is 0 Å². The Morgan fingerprint density at radius 1 is 0.913 bits per heavy atom. The zero-order chi connectivity index (χ0) is 16.6. The number of hydrogen-bond acceptors (Lipinski definition) is 3. The van der Waals surface area contributed by atoms with Crippen LogP contribution in [-0.2, 0) is 0 Å². The Morgan fingerprint density at radius 3 is 1.96 bits per heavy atom. The van der Waals surface area contributed by atoms with Crippen LogP contribution in [0.2, 0.25) is 0 Å². The molecule has 1 unspecified atom stereocenters. The molecule has 23 heavy (non-hydrogen) atoms. The van der Waals surface area contributed by atoms with E-state index in [9.17, 15) is 9.59 Å². The fourth-order valence-corrected chi connectivity index (χ4v) is 3.01. The van der Waals surface area contributed by atoms with Gasteiger partial charge in [-0.3, -0.25) is 14.5 Å². The van der Waals surface area contributed by atoms with Crippen LogP contribution in [0.1, 0.15) is 38.8 Å². The molecule has 0 bridgehead atoms. The molecule has 1 atom stereocenters. The van der Waals surface area contributed by atoms with Gasteiger partial charge in [0.25, 0.3) is 11.8 Å². The summed E-state index contributed by atoms with van der Waals surface area (Å²) >= 11 is 0. The number of benzene rings is 2. The summed E-state index contributed by atoms with van der Waals surface area (Å²) in [5, 5.41) is 3.43. The lowest BCUT2D eigenvalue weighted by atomic mass is 10.1. The minimum absolute atomic E-state index is 0.0305. The van der Waals surface area contributed by atoms with Gasteiger partial charge in [-0.25, -0.2) is 0 Å².